The standard InChI is InChI=1S/C15H25NO2/c1-6-15(7-1)10-12(4-9-18-15)16-13-5-8-17-14(13)11-2-3-11/h11-14,16H,1-10H2. The molecular formula is C15H25NO2. The van der Waals surface area contributed by atoms with Crippen LogP contribution < -0.4 is 5.32 Å². The smallest absolute Gasteiger partial charge is 0.0757 e. The summed E-state index contributed by atoms with van der Waals surface area (Å²) in [7, 11) is 0. The average molecular weight is 251 g/mol. The Balaban J connectivity index is 1.35. The zero-order valence-corrected chi connectivity index (χ0v) is 11.2. The molecular weight excluding hydrogens is 226 g/mol. The third kappa shape index (κ3) is 2.10. The first-order valence-corrected chi connectivity index (χ1v) is 7.86. The molecule has 4 aliphatic rings. The molecule has 102 valence electrons. The predicted octanol–water partition coefficient (Wildman–Crippen LogP) is 2.25. The summed E-state index contributed by atoms with van der Waals surface area (Å²) in [6.45, 7) is 1.92. The molecule has 2 heterocycles. The molecule has 0 aromatic carbocycles. The van der Waals surface area contributed by atoms with Crippen LogP contribution in [-0.4, -0.2) is 37.0 Å². The van der Waals surface area contributed by atoms with Crippen LogP contribution in [0.3, 0.4) is 0 Å². The molecule has 2 saturated heterocycles. The molecule has 0 radical (unpaired) electrons. The van der Waals surface area contributed by atoms with E-state index < -0.39 is 0 Å². The van der Waals surface area contributed by atoms with Crippen molar-refractivity contribution >= 4 is 0 Å². The van der Waals surface area contributed by atoms with Crippen LogP contribution in [0.15, 0.2) is 0 Å². The summed E-state index contributed by atoms with van der Waals surface area (Å²) in [4.78, 5) is 0. The molecule has 3 heteroatoms. The largest absolute Gasteiger partial charge is 0.376 e. The fourth-order valence-corrected chi connectivity index (χ4v) is 4.07. The van der Waals surface area contributed by atoms with Gasteiger partial charge in [0.25, 0.3) is 0 Å². The lowest BCUT2D eigenvalue weighted by Gasteiger charge is -2.48. The lowest BCUT2D eigenvalue weighted by molar-refractivity contribution is -0.136. The third-order valence-corrected chi connectivity index (χ3v) is 5.43. The Morgan fingerprint density at radius 3 is 2.61 bits per heavy atom. The Morgan fingerprint density at radius 2 is 1.89 bits per heavy atom. The van der Waals surface area contributed by atoms with Gasteiger partial charge >= 0.3 is 0 Å². The van der Waals surface area contributed by atoms with E-state index in [1.165, 1.54) is 51.4 Å². The fraction of sp³-hybridized carbons (Fsp3) is 1.00. The summed E-state index contributed by atoms with van der Waals surface area (Å²) in [5.74, 6) is 0.863. The summed E-state index contributed by atoms with van der Waals surface area (Å²) < 4.78 is 11.9. The molecule has 0 aromatic rings. The SMILES string of the molecule is C1CC2(C1)CC(NC1CCOC1C1CC1)CCO2. The van der Waals surface area contributed by atoms with E-state index in [9.17, 15) is 0 Å². The highest BCUT2D eigenvalue weighted by Crippen LogP contribution is 2.43. The van der Waals surface area contributed by atoms with Crippen LogP contribution in [0, 0.1) is 5.92 Å². The van der Waals surface area contributed by atoms with Crippen LogP contribution >= 0.6 is 0 Å². The molecule has 2 aliphatic carbocycles. The van der Waals surface area contributed by atoms with Crippen LogP contribution in [0.2, 0.25) is 0 Å². The van der Waals surface area contributed by atoms with E-state index in [2.05, 4.69) is 5.32 Å². The van der Waals surface area contributed by atoms with Crippen molar-refractivity contribution in [3.63, 3.8) is 0 Å². The Kier molecular flexibility index (Phi) is 2.90. The van der Waals surface area contributed by atoms with Gasteiger partial charge < -0.3 is 14.8 Å². The zero-order chi connectivity index (χ0) is 12.0. The molecule has 1 spiro atoms. The monoisotopic (exact) mass is 251 g/mol. The van der Waals surface area contributed by atoms with Crippen molar-refractivity contribution in [1.29, 1.82) is 0 Å². The first-order valence-electron chi connectivity index (χ1n) is 7.86. The van der Waals surface area contributed by atoms with Crippen molar-refractivity contribution in [1.82, 2.24) is 5.32 Å². The molecule has 4 rings (SSSR count). The van der Waals surface area contributed by atoms with Gasteiger partial charge in [0.1, 0.15) is 0 Å². The van der Waals surface area contributed by atoms with Gasteiger partial charge in [0.2, 0.25) is 0 Å². The van der Waals surface area contributed by atoms with Crippen LogP contribution in [0.5, 0.6) is 0 Å². The van der Waals surface area contributed by atoms with Gasteiger partial charge in [-0.25, -0.2) is 0 Å². The first-order chi connectivity index (χ1) is 8.85. The van der Waals surface area contributed by atoms with Crippen LogP contribution in [0.25, 0.3) is 0 Å². The van der Waals surface area contributed by atoms with Crippen molar-refractivity contribution in [3.8, 4) is 0 Å². The Hall–Kier alpha value is -0.120. The van der Waals surface area contributed by atoms with Crippen molar-refractivity contribution in [2.75, 3.05) is 13.2 Å². The maximum absolute atomic E-state index is 6.01. The summed E-state index contributed by atoms with van der Waals surface area (Å²) in [5.41, 5.74) is 0.268. The zero-order valence-electron chi connectivity index (χ0n) is 11.2. The van der Waals surface area contributed by atoms with Crippen molar-refractivity contribution < 1.29 is 9.47 Å². The van der Waals surface area contributed by atoms with Gasteiger partial charge in [-0.2, -0.15) is 0 Å². The van der Waals surface area contributed by atoms with Crippen LogP contribution in [0.1, 0.15) is 51.4 Å². The van der Waals surface area contributed by atoms with Crippen LogP contribution in [-0.2, 0) is 9.47 Å². The molecule has 0 amide bonds. The number of hydrogen-bond acceptors (Lipinski definition) is 3. The molecule has 3 nitrogen and oxygen atoms in total. The predicted molar refractivity (Wildman–Crippen MR) is 69.6 cm³/mol. The molecule has 3 unspecified atom stereocenters. The Labute approximate surface area is 110 Å². The minimum absolute atomic E-state index is 0.268. The van der Waals surface area contributed by atoms with Crippen molar-refractivity contribution in [2.24, 2.45) is 5.92 Å². The molecule has 4 fully saturated rings. The topological polar surface area (TPSA) is 30.5 Å². The van der Waals surface area contributed by atoms with Gasteiger partial charge in [-0.3, -0.25) is 0 Å². The van der Waals surface area contributed by atoms with E-state index >= 15 is 0 Å². The minimum Gasteiger partial charge on any atom is -0.376 e. The van der Waals surface area contributed by atoms with Gasteiger partial charge in [0.15, 0.2) is 0 Å². The lowest BCUT2D eigenvalue weighted by atomic mass is 9.74. The van der Waals surface area contributed by atoms with Gasteiger partial charge in [0.05, 0.1) is 11.7 Å². The second kappa shape index (κ2) is 4.46. The number of rotatable bonds is 3. The van der Waals surface area contributed by atoms with E-state index in [4.69, 9.17) is 9.47 Å². The van der Waals surface area contributed by atoms with Gasteiger partial charge in [-0.1, -0.05) is 0 Å². The van der Waals surface area contributed by atoms with E-state index in [1.807, 2.05) is 0 Å². The molecule has 1 N–H and O–H groups in total. The number of hydrogen-bond donors (Lipinski definition) is 1. The molecule has 3 atom stereocenters. The molecule has 0 bridgehead atoms. The maximum Gasteiger partial charge on any atom is 0.0757 e. The van der Waals surface area contributed by atoms with E-state index in [0.29, 0.717) is 18.2 Å². The summed E-state index contributed by atoms with van der Waals surface area (Å²) in [6, 6.07) is 1.30. The minimum atomic E-state index is 0.268. The Bertz CT molecular complexity index is 312. The molecule has 0 aromatic heterocycles. The first kappa shape index (κ1) is 11.7. The Morgan fingerprint density at radius 1 is 1.00 bits per heavy atom. The fourth-order valence-electron chi connectivity index (χ4n) is 4.07. The third-order valence-electron chi connectivity index (χ3n) is 5.43. The summed E-state index contributed by atoms with van der Waals surface area (Å²) in [5, 5.41) is 3.91. The quantitative estimate of drug-likeness (QED) is 0.834. The van der Waals surface area contributed by atoms with E-state index in [-0.39, 0.29) is 5.60 Å². The molecule has 2 aliphatic heterocycles. The normalized spacial score (nSPS) is 43.0. The van der Waals surface area contributed by atoms with Crippen molar-refractivity contribution in [2.45, 2.75) is 75.2 Å². The number of nitrogens with one attached hydrogen (secondary N) is 1. The van der Waals surface area contributed by atoms with Crippen molar-refractivity contribution in [3.05, 3.63) is 0 Å². The second-order valence-electron chi connectivity index (χ2n) is 6.81. The highest BCUT2D eigenvalue weighted by Gasteiger charge is 2.45. The second-order valence-corrected chi connectivity index (χ2v) is 6.81. The highest BCUT2D eigenvalue weighted by molar-refractivity contribution is 4.99. The van der Waals surface area contributed by atoms with Gasteiger partial charge in [-0.05, 0) is 57.3 Å². The average Bonchev–Trinajstić information content (AvgIpc) is 3.09. The maximum atomic E-state index is 6.01. The van der Waals surface area contributed by atoms with Gasteiger partial charge in [0, 0.05) is 25.3 Å². The summed E-state index contributed by atoms with van der Waals surface area (Å²) in [6.07, 6.45) is 10.9. The van der Waals surface area contributed by atoms with Gasteiger partial charge in [-0.15, -0.1) is 0 Å². The molecule has 2 saturated carbocycles. The number of ether oxygens (including phenoxy) is 2. The van der Waals surface area contributed by atoms with E-state index in [0.717, 1.165) is 19.1 Å². The summed E-state index contributed by atoms with van der Waals surface area (Å²) >= 11 is 0. The lowest BCUT2D eigenvalue weighted by Crippen LogP contribution is -2.54. The van der Waals surface area contributed by atoms with E-state index in [1.54, 1.807) is 0 Å². The highest BCUT2D eigenvalue weighted by atomic mass is 16.5. The van der Waals surface area contributed by atoms with Crippen LogP contribution in [0.4, 0.5) is 0 Å². The molecule has 18 heavy (non-hydrogen) atoms.